The summed E-state index contributed by atoms with van der Waals surface area (Å²) in [6.45, 7) is 7.24. The van der Waals surface area contributed by atoms with Crippen LogP contribution in [0.4, 0.5) is 4.39 Å². The number of hydrogen-bond donors (Lipinski definition) is 0. The fourth-order valence-electron chi connectivity index (χ4n) is 3.34. The Labute approximate surface area is 232 Å². The highest BCUT2D eigenvalue weighted by molar-refractivity contribution is 5.89. The maximum Gasteiger partial charge on any atom is 0.349 e. The molecule has 7 nitrogen and oxygen atoms in total. The van der Waals surface area contributed by atoms with Gasteiger partial charge >= 0.3 is 11.9 Å². The number of hydrogen-bond acceptors (Lipinski definition) is 7. The van der Waals surface area contributed by atoms with Gasteiger partial charge in [-0.15, -0.1) is 0 Å². The van der Waals surface area contributed by atoms with Crippen LogP contribution < -0.4 is 4.74 Å². The van der Waals surface area contributed by atoms with Gasteiger partial charge in [-0.25, -0.2) is 14.0 Å². The predicted molar refractivity (Wildman–Crippen MR) is 148 cm³/mol. The highest BCUT2D eigenvalue weighted by Crippen LogP contribution is 2.29. The summed E-state index contributed by atoms with van der Waals surface area (Å²) in [5, 5.41) is 0. The van der Waals surface area contributed by atoms with Crippen molar-refractivity contribution in [2.75, 3.05) is 27.4 Å². The Hall–Kier alpha value is -4.97. The normalized spacial score (nSPS) is 10.4. The molecule has 0 bridgehead atoms. The fraction of sp³-hybridized carbons (Fsp3) is 0.125. The van der Waals surface area contributed by atoms with E-state index in [0.29, 0.717) is 28.0 Å². The Balaban J connectivity index is 1.60. The Morgan fingerprint density at radius 1 is 0.800 bits per heavy atom. The van der Waals surface area contributed by atoms with E-state index in [-0.39, 0.29) is 30.2 Å². The average Bonchev–Trinajstić information content (AvgIpc) is 2.96. The number of benzene rings is 3. The van der Waals surface area contributed by atoms with Crippen LogP contribution in [0.25, 0.3) is 22.3 Å². The molecule has 0 fully saturated rings. The number of methoxy groups -OCH3 is 2. The second kappa shape index (κ2) is 14.8. The van der Waals surface area contributed by atoms with E-state index in [2.05, 4.69) is 25.2 Å². The maximum atomic E-state index is 15.0. The van der Waals surface area contributed by atoms with Gasteiger partial charge in [0, 0.05) is 25.3 Å². The SMILES string of the molecule is C=C(COC)C(=O)OC#Cc1ccc(-c2ccc(-c3ccc(O/C=C\OC(=O)C(=C)COC)cc3)c(F)c2)cc1. The quantitative estimate of drug-likeness (QED) is 0.131. The minimum atomic E-state index is -0.649. The van der Waals surface area contributed by atoms with Gasteiger partial charge in [-0.05, 0) is 52.9 Å². The van der Waals surface area contributed by atoms with Crippen molar-refractivity contribution in [2.24, 2.45) is 0 Å². The van der Waals surface area contributed by atoms with Gasteiger partial charge in [-0.1, -0.05) is 49.6 Å². The highest BCUT2D eigenvalue weighted by atomic mass is 19.1. The molecule has 0 atom stereocenters. The van der Waals surface area contributed by atoms with E-state index in [9.17, 15) is 9.59 Å². The monoisotopic (exact) mass is 542 g/mol. The third kappa shape index (κ3) is 8.53. The van der Waals surface area contributed by atoms with Crippen LogP contribution in [-0.2, 0) is 28.5 Å². The van der Waals surface area contributed by atoms with Crippen molar-refractivity contribution >= 4 is 11.9 Å². The van der Waals surface area contributed by atoms with Crippen LogP contribution >= 0.6 is 0 Å². The zero-order valence-electron chi connectivity index (χ0n) is 22.1. The van der Waals surface area contributed by atoms with Gasteiger partial charge in [0.2, 0.25) is 0 Å². The summed E-state index contributed by atoms with van der Waals surface area (Å²) >= 11 is 0. The second-order valence-corrected chi connectivity index (χ2v) is 8.28. The van der Waals surface area contributed by atoms with Gasteiger partial charge in [0.25, 0.3) is 0 Å². The molecule has 0 aliphatic rings. The molecule has 3 aromatic carbocycles. The van der Waals surface area contributed by atoms with Crippen molar-refractivity contribution in [3.05, 3.63) is 115 Å². The van der Waals surface area contributed by atoms with E-state index in [4.69, 9.17) is 23.7 Å². The largest absolute Gasteiger partial charge is 0.462 e. The number of ether oxygens (including phenoxy) is 5. The molecular weight excluding hydrogens is 515 g/mol. The van der Waals surface area contributed by atoms with E-state index in [1.165, 1.54) is 26.5 Å². The highest BCUT2D eigenvalue weighted by Gasteiger charge is 2.09. The van der Waals surface area contributed by atoms with E-state index in [0.717, 1.165) is 11.8 Å². The molecule has 3 aromatic rings. The van der Waals surface area contributed by atoms with Gasteiger partial charge in [0.15, 0.2) is 0 Å². The van der Waals surface area contributed by atoms with Gasteiger partial charge in [0.05, 0.1) is 24.4 Å². The minimum Gasteiger partial charge on any atom is -0.462 e. The van der Waals surface area contributed by atoms with Crippen LogP contribution in [0.5, 0.6) is 5.75 Å². The second-order valence-electron chi connectivity index (χ2n) is 8.28. The van der Waals surface area contributed by atoms with Crippen LogP contribution in [0.15, 0.2) is 104 Å². The molecule has 0 saturated heterocycles. The van der Waals surface area contributed by atoms with Crippen molar-refractivity contribution in [3.63, 3.8) is 0 Å². The third-order valence-electron chi connectivity index (χ3n) is 5.34. The molecule has 0 amide bonds. The molecule has 0 N–H and O–H groups in total. The zero-order valence-corrected chi connectivity index (χ0v) is 22.1. The smallest absolute Gasteiger partial charge is 0.349 e. The molecule has 8 heteroatoms. The molecule has 0 spiro atoms. The van der Waals surface area contributed by atoms with E-state index >= 15 is 4.39 Å². The lowest BCUT2D eigenvalue weighted by Crippen LogP contribution is -2.08. The first-order chi connectivity index (χ1) is 19.3. The van der Waals surface area contributed by atoms with E-state index < -0.39 is 11.9 Å². The molecule has 204 valence electrons. The molecule has 0 saturated carbocycles. The third-order valence-corrected chi connectivity index (χ3v) is 5.34. The first-order valence-electron chi connectivity index (χ1n) is 11.9. The summed E-state index contributed by atoms with van der Waals surface area (Å²) < 4.78 is 39.8. The summed E-state index contributed by atoms with van der Waals surface area (Å²) in [6.07, 6.45) is 4.67. The molecule has 40 heavy (non-hydrogen) atoms. The molecule has 0 aliphatic carbocycles. The Morgan fingerprint density at radius 2 is 1.40 bits per heavy atom. The molecule has 3 rings (SSSR count). The van der Waals surface area contributed by atoms with Crippen LogP contribution in [0.2, 0.25) is 0 Å². The summed E-state index contributed by atoms with van der Waals surface area (Å²) in [4.78, 5) is 23.3. The van der Waals surface area contributed by atoms with Crippen LogP contribution in [0.3, 0.4) is 0 Å². The lowest BCUT2D eigenvalue weighted by Gasteiger charge is -2.08. The molecule has 0 heterocycles. The van der Waals surface area contributed by atoms with Crippen LogP contribution in [0.1, 0.15) is 5.56 Å². The average molecular weight is 543 g/mol. The Bertz CT molecular complexity index is 1460. The van der Waals surface area contributed by atoms with Crippen molar-refractivity contribution in [3.8, 4) is 40.0 Å². The number of rotatable bonds is 11. The summed E-state index contributed by atoms with van der Waals surface area (Å²) in [7, 11) is 2.90. The zero-order chi connectivity index (χ0) is 28.9. The Kier molecular flexibility index (Phi) is 11.0. The molecule has 0 radical (unpaired) electrons. The number of esters is 2. The standard InChI is InChI=1S/C32H27FO7/c1-22(20-36-3)31(34)39-16-15-24-5-7-25(8-6-24)27-11-14-29(30(33)19-27)26-9-12-28(13-10-26)38-17-18-40-32(35)23(2)21-37-4/h5-14,17-19H,1-2,20-21H2,3-4H3/b18-17-. The molecule has 0 unspecified atom stereocenters. The van der Waals surface area contributed by atoms with Gasteiger partial charge in [-0.3, -0.25) is 0 Å². The fourth-order valence-corrected chi connectivity index (χ4v) is 3.34. The van der Waals surface area contributed by atoms with Crippen molar-refractivity contribution in [1.29, 1.82) is 0 Å². The van der Waals surface area contributed by atoms with E-state index in [1.807, 2.05) is 6.07 Å². The van der Waals surface area contributed by atoms with E-state index in [1.54, 1.807) is 54.6 Å². The maximum absolute atomic E-state index is 15.0. The van der Waals surface area contributed by atoms with Crippen molar-refractivity contribution in [1.82, 2.24) is 0 Å². The summed E-state index contributed by atoms with van der Waals surface area (Å²) in [5.74, 6) is 1.55. The lowest BCUT2D eigenvalue weighted by molar-refractivity contribution is -0.134. The summed E-state index contributed by atoms with van der Waals surface area (Å²) in [5.41, 5.74) is 3.54. The minimum absolute atomic E-state index is 0.0649. The first-order valence-corrected chi connectivity index (χ1v) is 11.9. The molecule has 0 aliphatic heterocycles. The van der Waals surface area contributed by atoms with Crippen molar-refractivity contribution < 1.29 is 37.7 Å². The lowest BCUT2D eigenvalue weighted by atomic mass is 9.99. The molecule has 0 aromatic heterocycles. The molecular formula is C32H27FO7. The van der Waals surface area contributed by atoms with Crippen molar-refractivity contribution in [2.45, 2.75) is 0 Å². The number of carbonyl (C=O) groups is 2. The van der Waals surface area contributed by atoms with Gasteiger partial charge in [-0.2, -0.15) is 0 Å². The number of carbonyl (C=O) groups excluding carboxylic acids is 2. The topological polar surface area (TPSA) is 80.3 Å². The first kappa shape index (κ1) is 29.6. The number of halogens is 1. The summed E-state index contributed by atoms with van der Waals surface area (Å²) in [6, 6.07) is 18.9. The predicted octanol–water partition coefficient (Wildman–Crippen LogP) is 5.81. The van der Waals surface area contributed by atoms with Crippen LogP contribution in [-0.4, -0.2) is 39.4 Å². The Morgan fingerprint density at radius 3 is 2.02 bits per heavy atom. The van der Waals surface area contributed by atoms with Gasteiger partial charge < -0.3 is 23.7 Å². The van der Waals surface area contributed by atoms with Gasteiger partial charge in [0.1, 0.15) is 30.2 Å². The van der Waals surface area contributed by atoms with Crippen LogP contribution in [0, 0.1) is 17.8 Å².